The Labute approximate surface area is 171 Å². The summed E-state index contributed by atoms with van der Waals surface area (Å²) in [6.07, 6.45) is -0.346. The van der Waals surface area contributed by atoms with Crippen molar-refractivity contribution in [2.45, 2.75) is 32.6 Å². The van der Waals surface area contributed by atoms with Crippen molar-refractivity contribution in [2.75, 3.05) is 13.2 Å². The molecule has 1 heterocycles. The molecule has 0 fully saturated rings. The normalized spacial score (nSPS) is 11.3. The summed E-state index contributed by atoms with van der Waals surface area (Å²) >= 11 is 1.19. The molecule has 1 atom stereocenters. The molecule has 8 nitrogen and oxygen atoms in total. The summed E-state index contributed by atoms with van der Waals surface area (Å²) in [7, 11) is 0. The Bertz CT molecular complexity index is 947. The van der Waals surface area contributed by atoms with E-state index in [1.165, 1.54) is 29.5 Å². The van der Waals surface area contributed by atoms with Crippen LogP contribution in [0.25, 0.3) is 0 Å². The van der Waals surface area contributed by atoms with E-state index in [1.54, 1.807) is 19.2 Å². The van der Waals surface area contributed by atoms with Crippen molar-refractivity contribution in [3.63, 3.8) is 0 Å². The molecule has 0 saturated carbocycles. The highest BCUT2D eigenvalue weighted by molar-refractivity contribution is 7.09. The highest BCUT2D eigenvalue weighted by atomic mass is 32.1. The second-order valence-corrected chi connectivity index (χ2v) is 6.94. The van der Waals surface area contributed by atoms with Gasteiger partial charge in [-0.25, -0.2) is 4.98 Å². The van der Waals surface area contributed by atoms with Crippen molar-refractivity contribution < 1.29 is 29.0 Å². The topological polar surface area (TPSA) is 127 Å². The van der Waals surface area contributed by atoms with E-state index in [1.807, 2.05) is 6.07 Å². The van der Waals surface area contributed by atoms with Crippen LogP contribution in [-0.4, -0.2) is 40.8 Å². The predicted octanol–water partition coefficient (Wildman–Crippen LogP) is 2.94. The number of aryl methyl sites for hydroxylation is 1. The molecule has 0 radical (unpaired) electrons. The maximum Gasteiger partial charge on any atom is 0.306 e. The van der Waals surface area contributed by atoms with Gasteiger partial charge in [0.1, 0.15) is 5.01 Å². The summed E-state index contributed by atoms with van der Waals surface area (Å²) < 4.78 is 10.1. The predicted molar refractivity (Wildman–Crippen MR) is 104 cm³/mol. The van der Waals surface area contributed by atoms with Gasteiger partial charge in [0, 0.05) is 23.1 Å². The molecule has 0 bridgehead atoms. The average molecular weight is 416 g/mol. The number of phenols is 1. The summed E-state index contributed by atoms with van der Waals surface area (Å²) in [6, 6.07) is 6.05. The summed E-state index contributed by atoms with van der Waals surface area (Å²) in [6.45, 7) is 3.27. The number of nitrogens with zero attached hydrogens (tertiary/aromatic N) is 2. The number of aromatic hydroxyl groups is 1. The number of esters is 1. The largest absolute Gasteiger partial charge is 0.504 e. The lowest BCUT2D eigenvalue weighted by Crippen LogP contribution is -2.20. The van der Waals surface area contributed by atoms with Gasteiger partial charge in [-0.3, -0.25) is 14.4 Å². The molecule has 9 heteroatoms. The molecule has 0 aliphatic heterocycles. The number of nitriles is 1. The number of carbonyl (C=O) groups excluding carboxylic acids is 3. The Kier molecular flexibility index (Phi) is 7.86. The minimum Gasteiger partial charge on any atom is -0.504 e. The van der Waals surface area contributed by atoms with E-state index < -0.39 is 24.3 Å². The molecule has 1 aromatic heterocycles. The van der Waals surface area contributed by atoms with E-state index in [4.69, 9.17) is 9.47 Å². The Hall–Kier alpha value is -3.25. The Balaban J connectivity index is 1.85. The molecule has 1 N–H and O–H groups in total. The maximum absolute atomic E-state index is 12.2. The van der Waals surface area contributed by atoms with Gasteiger partial charge in [0.25, 0.3) is 0 Å². The van der Waals surface area contributed by atoms with Crippen molar-refractivity contribution in [3.8, 4) is 17.6 Å². The molecule has 29 heavy (non-hydrogen) atoms. The third-order valence-corrected chi connectivity index (χ3v) is 4.88. The van der Waals surface area contributed by atoms with Crippen molar-refractivity contribution in [1.29, 1.82) is 5.26 Å². The minimum atomic E-state index is -1.09. The molecule has 2 rings (SSSR count). The van der Waals surface area contributed by atoms with Crippen molar-refractivity contribution in [2.24, 2.45) is 0 Å². The fourth-order valence-electron chi connectivity index (χ4n) is 2.40. The van der Waals surface area contributed by atoms with Crippen molar-refractivity contribution >= 4 is 28.9 Å². The first-order chi connectivity index (χ1) is 13.8. The van der Waals surface area contributed by atoms with E-state index >= 15 is 0 Å². The first-order valence-corrected chi connectivity index (χ1v) is 9.72. The Morgan fingerprint density at radius 2 is 2.07 bits per heavy atom. The van der Waals surface area contributed by atoms with Crippen LogP contribution in [0.15, 0.2) is 23.6 Å². The van der Waals surface area contributed by atoms with Crippen LogP contribution in [0.2, 0.25) is 0 Å². The molecule has 1 aromatic carbocycles. The lowest BCUT2D eigenvalue weighted by Gasteiger charge is -2.08. The molecule has 0 amide bonds. The van der Waals surface area contributed by atoms with Gasteiger partial charge in [-0.15, -0.1) is 11.3 Å². The van der Waals surface area contributed by atoms with E-state index in [0.29, 0.717) is 22.9 Å². The van der Waals surface area contributed by atoms with Gasteiger partial charge in [-0.2, -0.15) is 5.26 Å². The second kappa shape index (κ2) is 10.3. The fraction of sp³-hybridized carbons (Fsp3) is 0.350. The van der Waals surface area contributed by atoms with Crippen LogP contribution < -0.4 is 4.74 Å². The van der Waals surface area contributed by atoms with Crippen molar-refractivity contribution in [3.05, 3.63) is 39.8 Å². The number of Topliss-reactive ketones (excluding diaryl/α,β-unsaturated/α-hetero) is 2. The molecule has 0 aliphatic rings. The zero-order valence-corrected chi connectivity index (χ0v) is 16.8. The number of rotatable bonds is 10. The third kappa shape index (κ3) is 6.12. The van der Waals surface area contributed by atoms with Gasteiger partial charge in [0.15, 0.2) is 35.6 Å². The summed E-state index contributed by atoms with van der Waals surface area (Å²) in [5, 5.41) is 20.9. The van der Waals surface area contributed by atoms with Crippen LogP contribution in [0.5, 0.6) is 11.5 Å². The van der Waals surface area contributed by atoms with Gasteiger partial charge in [0.05, 0.1) is 19.1 Å². The second-order valence-electron chi connectivity index (χ2n) is 6.05. The van der Waals surface area contributed by atoms with E-state index in [9.17, 15) is 24.8 Å². The monoisotopic (exact) mass is 416 g/mol. The molecule has 0 aliphatic carbocycles. The molecule has 2 aromatic rings. The zero-order valence-electron chi connectivity index (χ0n) is 16.0. The zero-order chi connectivity index (χ0) is 21.4. The molecular formula is C20H20N2O6S. The standard InChI is InChI=1S/C20H20N2O6S/c1-3-27-18-8-13(4-5-16(18)24)15(23)6-7-19(26)28-10-17(25)14(9-21)20-22-12(2)11-29-20/h4-5,8,11,14,24H,3,6-7,10H2,1-2H3/t14-/m1/s1. The third-order valence-electron chi connectivity index (χ3n) is 3.85. The van der Waals surface area contributed by atoms with Crippen LogP contribution in [-0.2, 0) is 14.3 Å². The van der Waals surface area contributed by atoms with Crippen LogP contribution in [0.4, 0.5) is 0 Å². The van der Waals surface area contributed by atoms with Crippen LogP contribution in [0, 0.1) is 18.3 Å². The van der Waals surface area contributed by atoms with Gasteiger partial charge in [-0.1, -0.05) is 0 Å². The SMILES string of the molecule is CCOc1cc(C(=O)CCC(=O)OCC(=O)[C@@H](C#N)c2nc(C)cs2)ccc1O. The van der Waals surface area contributed by atoms with Gasteiger partial charge >= 0.3 is 5.97 Å². The minimum absolute atomic E-state index is 0.0798. The number of carbonyl (C=O) groups is 3. The molecular weight excluding hydrogens is 396 g/mol. The number of thiazole rings is 1. The summed E-state index contributed by atoms with van der Waals surface area (Å²) in [5.41, 5.74) is 0.995. The highest BCUT2D eigenvalue weighted by Gasteiger charge is 2.24. The first-order valence-electron chi connectivity index (χ1n) is 8.84. The number of benzene rings is 1. The summed E-state index contributed by atoms with van der Waals surface area (Å²) in [5.74, 6) is -2.60. The van der Waals surface area contributed by atoms with Gasteiger partial charge in [0.2, 0.25) is 0 Å². The number of hydrogen-bond donors (Lipinski definition) is 1. The van der Waals surface area contributed by atoms with Crippen molar-refractivity contribution in [1.82, 2.24) is 4.98 Å². The molecule has 0 spiro atoms. The molecule has 0 unspecified atom stereocenters. The fourth-order valence-corrected chi connectivity index (χ4v) is 3.26. The summed E-state index contributed by atoms with van der Waals surface area (Å²) in [4.78, 5) is 40.4. The number of hydrogen-bond acceptors (Lipinski definition) is 9. The van der Waals surface area contributed by atoms with E-state index in [0.717, 1.165) is 0 Å². The van der Waals surface area contributed by atoms with E-state index in [2.05, 4.69) is 4.98 Å². The number of ketones is 2. The number of phenolic OH excluding ortho intramolecular Hbond substituents is 1. The molecule has 152 valence electrons. The highest BCUT2D eigenvalue weighted by Crippen LogP contribution is 2.27. The van der Waals surface area contributed by atoms with Crippen LogP contribution in [0.3, 0.4) is 0 Å². The Morgan fingerprint density at radius 3 is 2.69 bits per heavy atom. The lowest BCUT2D eigenvalue weighted by molar-refractivity contribution is -0.148. The van der Waals surface area contributed by atoms with Gasteiger partial charge < -0.3 is 14.6 Å². The number of ether oxygens (including phenoxy) is 2. The van der Waals surface area contributed by atoms with E-state index in [-0.39, 0.29) is 30.1 Å². The maximum atomic E-state index is 12.2. The average Bonchev–Trinajstić information content (AvgIpc) is 3.12. The Morgan fingerprint density at radius 1 is 1.31 bits per heavy atom. The quantitative estimate of drug-likeness (QED) is 0.463. The first kappa shape index (κ1) is 22.0. The smallest absolute Gasteiger partial charge is 0.306 e. The molecule has 0 saturated heterocycles. The number of aromatic nitrogens is 1. The lowest BCUT2D eigenvalue weighted by atomic mass is 10.1. The van der Waals surface area contributed by atoms with Crippen LogP contribution >= 0.6 is 11.3 Å². The van der Waals surface area contributed by atoms with Gasteiger partial charge in [-0.05, 0) is 32.0 Å². The van der Waals surface area contributed by atoms with Crippen LogP contribution in [0.1, 0.15) is 46.7 Å².